The van der Waals surface area contributed by atoms with Crippen molar-refractivity contribution < 1.29 is 14.3 Å². The lowest BCUT2D eigenvalue weighted by atomic mass is 10.1. The van der Waals surface area contributed by atoms with E-state index in [4.69, 9.17) is 22.1 Å². The van der Waals surface area contributed by atoms with E-state index >= 15 is 0 Å². The number of carbonyl (C=O) groups is 2. The van der Waals surface area contributed by atoms with Crippen LogP contribution in [0.15, 0.2) is 12.1 Å². The molecule has 0 atom stereocenters. The van der Waals surface area contributed by atoms with Gasteiger partial charge in [-0.2, -0.15) is 0 Å². The average molecular weight is 300 g/mol. The van der Waals surface area contributed by atoms with Crippen LogP contribution in [0.4, 0.5) is 5.69 Å². The molecule has 2 amide bonds. The zero-order chi connectivity index (χ0) is 15.3. The number of anilines is 1. The van der Waals surface area contributed by atoms with Gasteiger partial charge in [0, 0.05) is 33.1 Å². The van der Waals surface area contributed by atoms with Gasteiger partial charge in [-0.1, -0.05) is 11.6 Å². The van der Waals surface area contributed by atoms with Crippen molar-refractivity contribution in [2.24, 2.45) is 0 Å². The number of nitrogens with one attached hydrogen (secondary N) is 1. The lowest BCUT2D eigenvalue weighted by Crippen LogP contribution is -2.30. The number of benzene rings is 1. The number of amides is 2. The quantitative estimate of drug-likeness (QED) is 0.799. The summed E-state index contributed by atoms with van der Waals surface area (Å²) in [6.45, 7) is 0.237. The summed E-state index contributed by atoms with van der Waals surface area (Å²) in [4.78, 5) is 24.9. The maximum Gasteiger partial charge on any atom is 0.255 e. The van der Waals surface area contributed by atoms with Crippen LogP contribution in [-0.2, 0) is 4.79 Å². The highest BCUT2D eigenvalue weighted by molar-refractivity contribution is 6.33. The summed E-state index contributed by atoms with van der Waals surface area (Å²) >= 11 is 5.89. The van der Waals surface area contributed by atoms with Gasteiger partial charge >= 0.3 is 0 Å². The van der Waals surface area contributed by atoms with Crippen molar-refractivity contribution in [2.75, 3.05) is 33.5 Å². The van der Waals surface area contributed by atoms with E-state index in [-0.39, 0.29) is 35.4 Å². The predicted octanol–water partition coefficient (Wildman–Crippen LogP) is 1.14. The van der Waals surface area contributed by atoms with Crippen molar-refractivity contribution in [2.45, 2.75) is 6.42 Å². The largest absolute Gasteiger partial charge is 0.496 e. The summed E-state index contributed by atoms with van der Waals surface area (Å²) in [5.74, 6) is -0.0914. The topological polar surface area (TPSA) is 84.7 Å². The van der Waals surface area contributed by atoms with Gasteiger partial charge in [0.1, 0.15) is 5.75 Å². The second kappa shape index (κ2) is 7.00. The highest BCUT2D eigenvalue weighted by Crippen LogP contribution is 2.28. The first kappa shape index (κ1) is 16.1. The van der Waals surface area contributed by atoms with E-state index in [9.17, 15) is 9.59 Å². The fraction of sp³-hybridized carbons (Fsp3) is 0.385. The van der Waals surface area contributed by atoms with Crippen molar-refractivity contribution in [1.29, 1.82) is 0 Å². The molecule has 0 unspecified atom stereocenters. The number of hydrogen-bond donors (Lipinski definition) is 2. The SMILES string of the molecule is COc1cc(N)c(Cl)cc1C(=O)NCCC(=O)N(C)C. The number of methoxy groups -OCH3 is 1. The Bertz CT molecular complexity index is 518. The molecule has 110 valence electrons. The van der Waals surface area contributed by atoms with E-state index < -0.39 is 0 Å². The first-order valence-electron chi connectivity index (χ1n) is 5.98. The normalized spacial score (nSPS) is 10.0. The molecule has 0 aliphatic rings. The Hall–Kier alpha value is -1.95. The number of hydrogen-bond acceptors (Lipinski definition) is 4. The van der Waals surface area contributed by atoms with Crippen molar-refractivity contribution in [3.63, 3.8) is 0 Å². The third-order valence-corrected chi connectivity index (χ3v) is 3.01. The van der Waals surface area contributed by atoms with Crippen LogP contribution in [0.3, 0.4) is 0 Å². The summed E-state index contributed by atoms with van der Waals surface area (Å²) < 4.78 is 5.09. The highest BCUT2D eigenvalue weighted by Gasteiger charge is 2.15. The van der Waals surface area contributed by atoms with Gasteiger partial charge in [0.15, 0.2) is 0 Å². The van der Waals surface area contributed by atoms with Crippen molar-refractivity contribution in [1.82, 2.24) is 10.2 Å². The lowest BCUT2D eigenvalue weighted by molar-refractivity contribution is -0.128. The maximum atomic E-state index is 12.0. The molecule has 0 saturated carbocycles. The second-order valence-corrected chi connectivity index (χ2v) is 4.78. The molecule has 0 fully saturated rings. The number of nitrogens with two attached hydrogens (primary N) is 1. The summed E-state index contributed by atoms with van der Waals surface area (Å²) in [5, 5.41) is 2.92. The summed E-state index contributed by atoms with van der Waals surface area (Å²) in [7, 11) is 4.76. The molecule has 1 aromatic carbocycles. The molecule has 0 aromatic heterocycles. The van der Waals surface area contributed by atoms with Gasteiger partial charge in [0.05, 0.1) is 23.4 Å². The zero-order valence-electron chi connectivity index (χ0n) is 11.7. The van der Waals surface area contributed by atoms with Gasteiger partial charge in [-0.25, -0.2) is 0 Å². The summed E-state index contributed by atoms with van der Waals surface area (Å²) in [6, 6.07) is 2.93. The van der Waals surface area contributed by atoms with E-state index in [2.05, 4.69) is 5.32 Å². The van der Waals surface area contributed by atoms with E-state index in [0.717, 1.165) is 0 Å². The fourth-order valence-electron chi connectivity index (χ4n) is 1.52. The predicted molar refractivity (Wildman–Crippen MR) is 78.1 cm³/mol. The summed E-state index contributed by atoms with van der Waals surface area (Å²) in [5.41, 5.74) is 6.26. The van der Waals surface area contributed by atoms with E-state index in [1.54, 1.807) is 14.1 Å². The van der Waals surface area contributed by atoms with Crippen LogP contribution in [0, 0.1) is 0 Å². The van der Waals surface area contributed by atoms with Gasteiger partial charge < -0.3 is 20.7 Å². The van der Waals surface area contributed by atoms with Crippen LogP contribution in [0.25, 0.3) is 0 Å². The second-order valence-electron chi connectivity index (χ2n) is 4.37. The molecule has 0 radical (unpaired) electrons. The Balaban J connectivity index is 2.73. The maximum absolute atomic E-state index is 12.0. The number of ether oxygens (including phenoxy) is 1. The third-order valence-electron chi connectivity index (χ3n) is 2.69. The number of nitrogen functional groups attached to an aromatic ring is 1. The minimum atomic E-state index is -0.365. The number of halogens is 1. The van der Waals surface area contributed by atoms with Crippen molar-refractivity contribution in [3.8, 4) is 5.75 Å². The first-order valence-corrected chi connectivity index (χ1v) is 6.36. The minimum absolute atomic E-state index is 0.0624. The molecule has 0 spiro atoms. The van der Waals surface area contributed by atoms with Crippen LogP contribution in [-0.4, -0.2) is 44.5 Å². The molecule has 0 bridgehead atoms. The van der Waals surface area contributed by atoms with Crippen LogP contribution < -0.4 is 15.8 Å². The fourth-order valence-corrected chi connectivity index (χ4v) is 1.68. The molecule has 0 aliphatic heterocycles. The van der Waals surface area contributed by atoms with Crippen LogP contribution >= 0.6 is 11.6 Å². The number of nitrogens with zero attached hydrogens (tertiary/aromatic N) is 1. The zero-order valence-corrected chi connectivity index (χ0v) is 12.5. The molecule has 7 heteroatoms. The molecule has 6 nitrogen and oxygen atoms in total. The van der Waals surface area contributed by atoms with Gasteiger partial charge in [-0.15, -0.1) is 0 Å². The van der Waals surface area contributed by atoms with Crippen molar-refractivity contribution >= 4 is 29.1 Å². The molecule has 20 heavy (non-hydrogen) atoms. The molecule has 0 aliphatic carbocycles. The highest BCUT2D eigenvalue weighted by atomic mass is 35.5. The summed E-state index contributed by atoms with van der Waals surface area (Å²) in [6.07, 6.45) is 0.226. The lowest BCUT2D eigenvalue weighted by Gasteiger charge is -2.12. The number of carbonyl (C=O) groups excluding carboxylic acids is 2. The van der Waals surface area contributed by atoms with Gasteiger partial charge in [-0.05, 0) is 6.07 Å². The molecular formula is C13H18ClN3O3. The average Bonchev–Trinajstić information content (AvgIpc) is 2.40. The molecule has 3 N–H and O–H groups in total. The van der Waals surface area contributed by atoms with Crippen LogP contribution in [0.2, 0.25) is 5.02 Å². The van der Waals surface area contributed by atoms with Gasteiger partial charge in [-0.3, -0.25) is 9.59 Å². The van der Waals surface area contributed by atoms with Gasteiger partial charge in [0.25, 0.3) is 5.91 Å². The number of rotatable bonds is 5. The smallest absolute Gasteiger partial charge is 0.255 e. The molecule has 1 rings (SSSR count). The Morgan fingerprint density at radius 3 is 2.60 bits per heavy atom. The van der Waals surface area contributed by atoms with Crippen molar-refractivity contribution in [3.05, 3.63) is 22.7 Å². The Morgan fingerprint density at radius 2 is 2.05 bits per heavy atom. The molecule has 1 aromatic rings. The van der Waals surface area contributed by atoms with E-state index in [1.807, 2.05) is 0 Å². The Kier molecular flexibility index (Phi) is 5.64. The Morgan fingerprint density at radius 1 is 1.40 bits per heavy atom. The van der Waals surface area contributed by atoms with E-state index in [1.165, 1.54) is 24.1 Å². The van der Waals surface area contributed by atoms with Gasteiger partial charge in [0.2, 0.25) is 5.91 Å². The first-order chi connectivity index (χ1) is 9.36. The minimum Gasteiger partial charge on any atom is -0.496 e. The monoisotopic (exact) mass is 299 g/mol. The van der Waals surface area contributed by atoms with Crippen LogP contribution in [0.1, 0.15) is 16.8 Å². The Labute approximate surface area is 122 Å². The van der Waals surface area contributed by atoms with E-state index in [0.29, 0.717) is 11.4 Å². The van der Waals surface area contributed by atoms with Crippen LogP contribution in [0.5, 0.6) is 5.75 Å². The molecule has 0 saturated heterocycles. The molecule has 0 heterocycles. The molecular weight excluding hydrogens is 282 g/mol. The standard InChI is InChI=1S/C13H18ClN3O3/c1-17(2)12(18)4-5-16-13(19)8-6-9(14)10(15)7-11(8)20-3/h6-7H,4-5,15H2,1-3H3,(H,16,19). The third kappa shape index (κ3) is 4.03.